The molecule has 1 aromatic rings. The van der Waals surface area contributed by atoms with Gasteiger partial charge in [-0.2, -0.15) is 0 Å². The zero-order valence-corrected chi connectivity index (χ0v) is 8.85. The second-order valence-corrected chi connectivity index (χ2v) is 3.72. The maximum Gasteiger partial charge on any atom is 0.128 e. The van der Waals surface area contributed by atoms with Crippen molar-refractivity contribution in [2.75, 3.05) is 0 Å². The van der Waals surface area contributed by atoms with Crippen LogP contribution in [0.25, 0.3) is 0 Å². The minimum Gasteiger partial charge on any atom is -0.466 e. The number of hydrogen-bond acceptors (Lipinski definition) is 1. The maximum absolute atomic E-state index is 5.07. The van der Waals surface area contributed by atoms with Crippen molar-refractivity contribution in [1.29, 1.82) is 0 Å². The summed E-state index contributed by atoms with van der Waals surface area (Å²) in [6.07, 6.45) is 1.40. The van der Waals surface area contributed by atoms with E-state index in [0.717, 1.165) is 14.7 Å². The highest BCUT2D eigenvalue weighted by Gasteiger charge is 1.95. The highest BCUT2D eigenvalue weighted by Crippen LogP contribution is 2.24. The summed E-state index contributed by atoms with van der Waals surface area (Å²) in [5, 5.41) is 0. The SMILES string of the molecule is C=COc1cc(Br)cc(Br)c1. The molecule has 0 aliphatic heterocycles. The average molecular weight is 278 g/mol. The van der Waals surface area contributed by atoms with Crippen LogP contribution in [-0.4, -0.2) is 0 Å². The number of hydrogen-bond donors (Lipinski definition) is 0. The quantitative estimate of drug-likeness (QED) is 0.749. The van der Waals surface area contributed by atoms with Crippen molar-refractivity contribution in [3.05, 3.63) is 40.0 Å². The molecule has 0 heterocycles. The summed E-state index contributed by atoms with van der Waals surface area (Å²) in [6.45, 7) is 3.46. The van der Waals surface area contributed by atoms with Crippen molar-refractivity contribution in [3.63, 3.8) is 0 Å². The predicted octanol–water partition coefficient (Wildman–Crippen LogP) is 3.73. The molecule has 1 rings (SSSR count). The predicted molar refractivity (Wildman–Crippen MR) is 52.7 cm³/mol. The van der Waals surface area contributed by atoms with E-state index in [-0.39, 0.29) is 0 Å². The van der Waals surface area contributed by atoms with Crippen LogP contribution in [0.2, 0.25) is 0 Å². The molecule has 0 saturated carbocycles. The fourth-order valence-electron chi connectivity index (χ4n) is 0.693. The molecule has 0 N–H and O–H groups in total. The van der Waals surface area contributed by atoms with Gasteiger partial charge in [0, 0.05) is 8.95 Å². The van der Waals surface area contributed by atoms with Crippen molar-refractivity contribution >= 4 is 31.9 Å². The van der Waals surface area contributed by atoms with Crippen LogP contribution in [0.5, 0.6) is 5.75 Å². The summed E-state index contributed by atoms with van der Waals surface area (Å²) in [4.78, 5) is 0. The molecular formula is C8H6Br2O. The van der Waals surface area contributed by atoms with E-state index in [1.807, 2.05) is 18.2 Å². The van der Waals surface area contributed by atoms with Crippen LogP contribution in [0, 0.1) is 0 Å². The Kier molecular flexibility index (Phi) is 3.15. The van der Waals surface area contributed by atoms with Crippen LogP contribution in [0.1, 0.15) is 0 Å². The van der Waals surface area contributed by atoms with Crippen molar-refractivity contribution in [2.24, 2.45) is 0 Å². The Labute approximate surface area is 82.3 Å². The number of ether oxygens (including phenoxy) is 1. The van der Waals surface area contributed by atoms with Crippen LogP contribution in [0.4, 0.5) is 0 Å². The third-order valence-electron chi connectivity index (χ3n) is 1.06. The average Bonchev–Trinajstić information content (AvgIpc) is 1.85. The molecule has 1 nitrogen and oxygen atoms in total. The first kappa shape index (κ1) is 8.81. The van der Waals surface area contributed by atoms with Crippen LogP contribution in [0.15, 0.2) is 40.0 Å². The number of benzene rings is 1. The fraction of sp³-hybridized carbons (Fsp3) is 0. The van der Waals surface area contributed by atoms with Gasteiger partial charge < -0.3 is 4.74 Å². The van der Waals surface area contributed by atoms with Gasteiger partial charge >= 0.3 is 0 Å². The maximum atomic E-state index is 5.07. The monoisotopic (exact) mass is 276 g/mol. The second kappa shape index (κ2) is 3.93. The van der Waals surface area contributed by atoms with Crippen LogP contribution in [0.3, 0.4) is 0 Å². The zero-order chi connectivity index (χ0) is 8.27. The molecule has 0 bridgehead atoms. The van der Waals surface area contributed by atoms with E-state index in [1.165, 1.54) is 6.26 Å². The molecule has 0 atom stereocenters. The van der Waals surface area contributed by atoms with Gasteiger partial charge in [0.2, 0.25) is 0 Å². The van der Waals surface area contributed by atoms with E-state index in [2.05, 4.69) is 38.4 Å². The largest absolute Gasteiger partial charge is 0.466 e. The van der Waals surface area contributed by atoms with E-state index >= 15 is 0 Å². The highest BCUT2D eigenvalue weighted by molar-refractivity contribution is 9.11. The summed E-state index contributed by atoms with van der Waals surface area (Å²) in [5.74, 6) is 0.765. The molecule has 0 amide bonds. The Hall–Kier alpha value is -0.280. The summed E-state index contributed by atoms with van der Waals surface area (Å²) in [5.41, 5.74) is 0. The van der Waals surface area contributed by atoms with Gasteiger partial charge in [-0.15, -0.1) is 0 Å². The van der Waals surface area contributed by atoms with Crippen molar-refractivity contribution < 1.29 is 4.74 Å². The number of halogens is 2. The number of rotatable bonds is 2. The molecule has 0 radical (unpaired) electrons. The first-order valence-corrected chi connectivity index (χ1v) is 4.54. The Morgan fingerprint density at radius 2 is 1.73 bits per heavy atom. The first-order valence-electron chi connectivity index (χ1n) is 2.96. The molecule has 3 heteroatoms. The fourth-order valence-corrected chi connectivity index (χ4v) is 1.94. The molecule has 1 aromatic carbocycles. The topological polar surface area (TPSA) is 9.23 Å². The molecule has 0 aliphatic carbocycles. The van der Waals surface area contributed by atoms with E-state index in [9.17, 15) is 0 Å². The molecule has 0 fully saturated rings. The highest BCUT2D eigenvalue weighted by atomic mass is 79.9. The summed E-state index contributed by atoms with van der Waals surface area (Å²) >= 11 is 6.68. The minimum absolute atomic E-state index is 0.765. The lowest BCUT2D eigenvalue weighted by Gasteiger charge is -2.00. The van der Waals surface area contributed by atoms with Gasteiger partial charge in [-0.05, 0) is 18.2 Å². The molecule has 0 unspecified atom stereocenters. The van der Waals surface area contributed by atoms with Gasteiger partial charge in [0.15, 0.2) is 0 Å². The molecule has 11 heavy (non-hydrogen) atoms. The molecule has 0 saturated heterocycles. The van der Waals surface area contributed by atoms with Gasteiger partial charge in [0.05, 0.1) is 6.26 Å². The van der Waals surface area contributed by atoms with Gasteiger partial charge in [0.25, 0.3) is 0 Å². The minimum atomic E-state index is 0.765. The third kappa shape index (κ3) is 2.67. The van der Waals surface area contributed by atoms with Gasteiger partial charge in [-0.3, -0.25) is 0 Å². The summed E-state index contributed by atoms with van der Waals surface area (Å²) in [7, 11) is 0. The van der Waals surface area contributed by atoms with Crippen LogP contribution >= 0.6 is 31.9 Å². The van der Waals surface area contributed by atoms with E-state index in [0.29, 0.717) is 0 Å². The summed E-state index contributed by atoms with van der Waals surface area (Å²) in [6, 6.07) is 5.68. The van der Waals surface area contributed by atoms with E-state index in [4.69, 9.17) is 4.74 Å². The molecule has 0 aromatic heterocycles. The Morgan fingerprint density at radius 3 is 2.18 bits per heavy atom. The lowest BCUT2D eigenvalue weighted by Crippen LogP contribution is -1.80. The van der Waals surface area contributed by atoms with Crippen molar-refractivity contribution in [1.82, 2.24) is 0 Å². The standard InChI is InChI=1S/C8H6Br2O/c1-2-11-8-4-6(9)3-7(10)5-8/h2-5H,1H2. The molecule has 0 spiro atoms. The van der Waals surface area contributed by atoms with Crippen LogP contribution < -0.4 is 4.74 Å². The molecule has 0 aliphatic rings. The van der Waals surface area contributed by atoms with Gasteiger partial charge in [0.1, 0.15) is 5.75 Å². The molecular weight excluding hydrogens is 272 g/mol. The zero-order valence-electron chi connectivity index (χ0n) is 5.68. The van der Waals surface area contributed by atoms with E-state index < -0.39 is 0 Å². The van der Waals surface area contributed by atoms with E-state index in [1.54, 1.807) is 0 Å². The second-order valence-electron chi connectivity index (χ2n) is 1.89. The lowest BCUT2D eigenvalue weighted by atomic mass is 10.3. The lowest BCUT2D eigenvalue weighted by molar-refractivity contribution is 0.483. The van der Waals surface area contributed by atoms with Gasteiger partial charge in [-0.25, -0.2) is 0 Å². The van der Waals surface area contributed by atoms with Crippen molar-refractivity contribution in [2.45, 2.75) is 0 Å². The Morgan fingerprint density at radius 1 is 1.18 bits per heavy atom. The smallest absolute Gasteiger partial charge is 0.128 e. The third-order valence-corrected chi connectivity index (χ3v) is 1.97. The van der Waals surface area contributed by atoms with Gasteiger partial charge in [-0.1, -0.05) is 38.4 Å². The van der Waals surface area contributed by atoms with Crippen LogP contribution in [-0.2, 0) is 0 Å². The Balaban J connectivity index is 2.98. The molecule has 58 valence electrons. The normalized spacial score (nSPS) is 9.27. The Bertz CT molecular complexity index is 251. The van der Waals surface area contributed by atoms with Crippen molar-refractivity contribution in [3.8, 4) is 5.75 Å². The first-order chi connectivity index (χ1) is 5.22. The summed E-state index contributed by atoms with van der Waals surface area (Å²) < 4.78 is 7.02.